The quantitative estimate of drug-likeness (QED) is 0.699. The van der Waals surface area contributed by atoms with E-state index in [0.29, 0.717) is 30.8 Å². The zero-order valence-electron chi connectivity index (χ0n) is 15.4. The molecule has 3 heterocycles. The standard InChI is InChI=1S/C19H17ClF3N5O/c1-11-2-3-12(13(6-11)19(21,22)23)8-28-10-24-14-9-27(5-4-15(14)28)16-7-25-26-18(29)17(16)20/h2-3,6-7,10H,4-5,8-9H2,1H3,(H,26,29). The normalized spacial score (nSPS) is 14.2. The number of aryl methyl sites for hydroxylation is 1. The van der Waals surface area contributed by atoms with Crippen molar-refractivity contribution in [1.29, 1.82) is 0 Å². The van der Waals surface area contributed by atoms with E-state index in [9.17, 15) is 18.0 Å². The number of H-pyrrole nitrogens is 1. The number of anilines is 1. The van der Waals surface area contributed by atoms with Gasteiger partial charge in [0.05, 0.1) is 36.0 Å². The first kappa shape index (κ1) is 19.5. The highest BCUT2D eigenvalue weighted by atomic mass is 35.5. The highest BCUT2D eigenvalue weighted by Crippen LogP contribution is 2.34. The summed E-state index contributed by atoms with van der Waals surface area (Å²) in [6.07, 6.45) is -0.811. The second-order valence-corrected chi connectivity index (χ2v) is 7.37. The highest BCUT2D eigenvalue weighted by Gasteiger charge is 2.33. The predicted molar refractivity (Wildman–Crippen MR) is 102 cm³/mol. The van der Waals surface area contributed by atoms with Gasteiger partial charge in [-0.15, -0.1) is 0 Å². The molecule has 1 aromatic carbocycles. The molecular formula is C19H17ClF3N5O. The third-order valence-electron chi connectivity index (χ3n) is 5.02. The summed E-state index contributed by atoms with van der Waals surface area (Å²) in [5, 5.41) is 6.11. The topological polar surface area (TPSA) is 66.8 Å². The van der Waals surface area contributed by atoms with Crippen molar-refractivity contribution in [2.75, 3.05) is 11.4 Å². The van der Waals surface area contributed by atoms with Crippen molar-refractivity contribution >= 4 is 17.3 Å². The van der Waals surface area contributed by atoms with Crippen LogP contribution in [0.15, 0.2) is 35.5 Å². The van der Waals surface area contributed by atoms with Gasteiger partial charge in [-0.05, 0) is 18.6 Å². The third kappa shape index (κ3) is 3.74. The highest BCUT2D eigenvalue weighted by molar-refractivity contribution is 6.32. The van der Waals surface area contributed by atoms with Crippen LogP contribution in [0.4, 0.5) is 18.9 Å². The van der Waals surface area contributed by atoms with Gasteiger partial charge in [-0.25, -0.2) is 10.1 Å². The van der Waals surface area contributed by atoms with Gasteiger partial charge < -0.3 is 9.47 Å². The first-order valence-electron chi connectivity index (χ1n) is 8.92. The number of alkyl halides is 3. The van der Waals surface area contributed by atoms with Crippen molar-refractivity contribution < 1.29 is 13.2 Å². The molecule has 29 heavy (non-hydrogen) atoms. The van der Waals surface area contributed by atoms with E-state index in [1.807, 2.05) is 4.90 Å². The molecular weight excluding hydrogens is 407 g/mol. The minimum Gasteiger partial charge on any atom is -0.362 e. The number of benzene rings is 1. The summed E-state index contributed by atoms with van der Waals surface area (Å²) >= 11 is 6.08. The molecule has 1 aliphatic rings. The first-order valence-corrected chi connectivity index (χ1v) is 9.29. The molecule has 1 N–H and O–H groups in total. The molecule has 4 rings (SSSR count). The van der Waals surface area contributed by atoms with Crippen molar-refractivity contribution in [2.24, 2.45) is 0 Å². The van der Waals surface area contributed by atoms with E-state index in [2.05, 4.69) is 15.2 Å². The van der Waals surface area contributed by atoms with E-state index < -0.39 is 17.3 Å². The van der Waals surface area contributed by atoms with Crippen molar-refractivity contribution in [3.63, 3.8) is 0 Å². The van der Waals surface area contributed by atoms with E-state index >= 15 is 0 Å². The molecule has 6 nitrogen and oxygen atoms in total. The summed E-state index contributed by atoms with van der Waals surface area (Å²) in [7, 11) is 0. The maximum atomic E-state index is 13.4. The molecule has 0 aliphatic carbocycles. The fraction of sp³-hybridized carbons (Fsp3) is 0.316. The van der Waals surface area contributed by atoms with Crippen LogP contribution in [-0.2, 0) is 25.7 Å². The van der Waals surface area contributed by atoms with E-state index in [1.165, 1.54) is 18.3 Å². The molecule has 1 aliphatic heterocycles. The molecule has 0 radical (unpaired) electrons. The number of hydrogen-bond donors (Lipinski definition) is 1. The fourth-order valence-electron chi connectivity index (χ4n) is 3.58. The molecule has 0 spiro atoms. The van der Waals surface area contributed by atoms with Gasteiger partial charge in [0.25, 0.3) is 5.56 Å². The third-order valence-corrected chi connectivity index (χ3v) is 5.39. The molecule has 3 aromatic rings. The lowest BCUT2D eigenvalue weighted by molar-refractivity contribution is -0.138. The summed E-state index contributed by atoms with van der Waals surface area (Å²) in [6.45, 7) is 2.67. The van der Waals surface area contributed by atoms with Gasteiger partial charge in [-0.1, -0.05) is 29.3 Å². The van der Waals surface area contributed by atoms with Crippen molar-refractivity contribution in [3.05, 3.63) is 74.2 Å². The Hall–Kier alpha value is -2.81. The largest absolute Gasteiger partial charge is 0.416 e. The zero-order valence-corrected chi connectivity index (χ0v) is 16.2. The first-order chi connectivity index (χ1) is 13.7. The van der Waals surface area contributed by atoms with E-state index in [4.69, 9.17) is 11.6 Å². The van der Waals surface area contributed by atoms with Crippen LogP contribution in [0.1, 0.15) is 28.1 Å². The number of aromatic amines is 1. The molecule has 0 saturated heterocycles. The van der Waals surface area contributed by atoms with Crippen LogP contribution in [0.5, 0.6) is 0 Å². The molecule has 0 unspecified atom stereocenters. The monoisotopic (exact) mass is 423 g/mol. The summed E-state index contributed by atoms with van der Waals surface area (Å²) in [4.78, 5) is 18.0. The molecule has 2 aromatic heterocycles. The summed E-state index contributed by atoms with van der Waals surface area (Å²) in [6, 6.07) is 4.36. The summed E-state index contributed by atoms with van der Waals surface area (Å²) < 4.78 is 42.0. The molecule has 0 amide bonds. The average Bonchev–Trinajstić information content (AvgIpc) is 3.06. The van der Waals surface area contributed by atoms with Gasteiger partial charge in [-0.2, -0.15) is 18.3 Å². The summed E-state index contributed by atoms with van der Waals surface area (Å²) in [5.41, 5.74) is 1.80. The Morgan fingerprint density at radius 1 is 1.31 bits per heavy atom. The van der Waals surface area contributed by atoms with Gasteiger partial charge in [-0.3, -0.25) is 4.79 Å². The number of nitrogens with one attached hydrogen (secondary N) is 1. The van der Waals surface area contributed by atoms with Crippen LogP contribution in [0, 0.1) is 6.92 Å². The van der Waals surface area contributed by atoms with Crippen molar-refractivity contribution in [1.82, 2.24) is 19.7 Å². The van der Waals surface area contributed by atoms with Gasteiger partial charge >= 0.3 is 6.18 Å². The van der Waals surface area contributed by atoms with Crippen molar-refractivity contribution in [2.45, 2.75) is 32.6 Å². The Labute approximate surface area is 168 Å². The predicted octanol–water partition coefficient (Wildman–Crippen LogP) is 3.56. The molecule has 0 saturated carbocycles. The lowest BCUT2D eigenvalue weighted by atomic mass is 10.0. The average molecular weight is 424 g/mol. The van der Waals surface area contributed by atoms with E-state index in [0.717, 1.165) is 11.4 Å². The van der Waals surface area contributed by atoms with Crippen LogP contribution < -0.4 is 10.5 Å². The second kappa shape index (κ2) is 7.22. The number of hydrogen-bond acceptors (Lipinski definition) is 4. The molecule has 0 atom stereocenters. The van der Waals surface area contributed by atoms with Gasteiger partial charge in [0.15, 0.2) is 0 Å². The zero-order chi connectivity index (χ0) is 20.8. The molecule has 152 valence electrons. The van der Waals surface area contributed by atoms with Gasteiger partial charge in [0, 0.05) is 25.2 Å². The van der Waals surface area contributed by atoms with Crippen LogP contribution in [-0.4, -0.2) is 26.3 Å². The molecule has 0 bridgehead atoms. The van der Waals surface area contributed by atoms with Crippen LogP contribution in [0.2, 0.25) is 5.02 Å². The van der Waals surface area contributed by atoms with Crippen LogP contribution >= 0.6 is 11.6 Å². The maximum Gasteiger partial charge on any atom is 0.416 e. The Morgan fingerprint density at radius 3 is 2.86 bits per heavy atom. The van der Waals surface area contributed by atoms with Crippen molar-refractivity contribution in [3.8, 4) is 0 Å². The van der Waals surface area contributed by atoms with Gasteiger partial charge in [0.1, 0.15) is 5.02 Å². The Balaban J connectivity index is 1.62. The van der Waals surface area contributed by atoms with Gasteiger partial charge in [0.2, 0.25) is 0 Å². The van der Waals surface area contributed by atoms with E-state index in [1.54, 1.807) is 23.9 Å². The minimum absolute atomic E-state index is 0.0531. The smallest absolute Gasteiger partial charge is 0.362 e. The SMILES string of the molecule is Cc1ccc(Cn2cnc3c2CCN(c2cn[nH]c(=O)c2Cl)C3)c(C(F)(F)F)c1. The Bertz CT molecular complexity index is 1120. The minimum atomic E-state index is -4.41. The van der Waals surface area contributed by atoms with Crippen LogP contribution in [0.25, 0.3) is 0 Å². The van der Waals surface area contributed by atoms with E-state index in [-0.39, 0.29) is 17.1 Å². The van der Waals surface area contributed by atoms with Crippen LogP contribution in [0.3, 0.4) is 0 Å². The molecule has 10 heteroatoms. The fourth-order valence-corrected chi connectivity index (χ4v) is 3.79. The lowest BCUT2D eigenvalue weighted by Crippen LogP contribution is -2.32. The summed E-state index contributed by atoms with van der Waals surface area (Å²) in [5.74, 6) is 0. The second-order valence-electron chi connectivity index (χ2n) is 6.99. The lowest BCUT2D eigenvalue weighted by Gasteiger charge is -2.29. The number of aromatic nitrogens is 4. The number of halogens is 4. The number of imidazole rings is 1. The number of fused-ring (bicyclic) bond motifs is 1. The number of rotatable bonds is 3. The number of nitrogens with zero attached hydrogens (tertiary/aromatic N) is 4. The maximum absolute atomic E-state index is 13.4. The molecule has 0 fully saturated rings. The Morgan fingerprint density at radius 2 is 2.10 bits per heavy atom. The Kier molecular flexibility index (Phi) is 4.85.